The first-order valence-corrected chi connectivity index (χ1v) is 10.6. The summed E-state index contributed by atoms with van der Waals surface area (Å²) in [6, 6.07) is 11.2. The van der Waals surface area contributed by atoms with E-state index in [9.17, 15) is 4.79 Å². The largest absolute Gasteiger partial charge is 0.493 e. The topological polar surface area (TPSA) is 81.5 Å². The molecule has 0 saturated carbocycles. The van der Waals surface area contributed by atoms with Crippen LogP contribution in [0.1, 0.15) is 37.1 Å². The summed E-state index contributed by atoms with van der Waals surface area (Å²) >= 11 is 0. The van der Waals surface area contributed by atoms with Gasteiger partial charge >= 0.3 is 0 Å². The minimum atomic E-state index is -0.164. The fraction of sp³-hybridized carbons (Fsp3) is 0.375. The van der Waals surface area contributed by atoms with Crippen molar-refractivity contribution in [2.75, 3.05) is 26.1 Å². The van der Waals surface area contributed by atoms with Crippen LogP contribution >= 0.6 is 0 Å². The lowest BCUT2D eigenvalue weighted by Crippen LogP contribution is -2.39. The molecule has 0 fully saturated rings. The van der Waals surface area contributed by atoms with Crippen LogP contribution in [0.25, 0.3) is 11.3 Å². The van der Waals surface area contributed by atoms with Crippen molar-refractivity contribution in [1.29, 1.82) is 0 Å². The van der Waals surface area contributed by atoms with E-state index in [1.54, 1.807) is 37.4 Å². The van der Waals surface area contributed by atoms with E-state index < -0.39 is 0 Å². The summed E-state index contributed by atoms with van der Waals surface area (Å²) in [5.74, 6) is 2.99. The highest BCUT2D eigenvalue weighted by atomic mass is 16.5. The molecule has 1 aliphatic rings. The molecule has 0 bridgehead atoms. The summed E-state index contributed by atoms with van der Waals surface area (Å²) in [7, 11) is 3.24. The molecule has 8 heteroatoms. The Kier molecular flexibility index (Phi) is 5.78. The number of nitrogens with zero attached hydrogens (tertiary/aromatic N) is 4. The normalized spacial score (nSPS) is 13.5. The van der Waals surface area contributed by atoms with Crippen LogP contribution in [-0.2, 0) is 13.1 Å². The number of benzene rings is 1. The van der Waals surface area contributed by atoms with Crippen LogP contribution in [0.4, 0.5) is 5.82 Å². The molecule has 0 atom stereocenters. The lowest BCUT2D eigenvalue weighted by molar-refractivity contribution is 0.0702. The van der Waals surface area contributed by atoms with E-state index in [4.69, 9.17) is 14.5 Å². The maximum atomic E-state index is 12.9. The Balaban J connectivity index is 1.73. The quantitative estimate of drug-likeness (QED) is 0.656. The fourth-order valence-electron chi connectivity index (χ4n) is 3.82. The lowest BCUT2D eigenvalue weighted by Gasteiger charge is -2.30. The SMILES string of the molecule is COc1ccc(-c2nc3n(c2NC(C)(C)C)CCN(C(=O)c2ccccn2)C3)cc1OC. The number of ether oxygens (including phenoxy) is 2. The number of fused-ring (bicyclic) bond motifs is 1. The van der Waals surface area contributed by atoms with E-state index in [0.717, 1.165) is 22.9 Å². The molecule has 4 rings (SSSR count). The monoisotopic (exact) mass is 435 g/mol. The molecule has 2 aromatic heterocycles. The van der Waals surface area contributed by atoms with Crippen LogP contribution in [0.2, 0.25) is 0 Å². The van der Waals surface area contributed by atoms with E-state index in [1.165, 1.54) is 0 Å². The van der Waals surface area contributed by atoms with Crippen LogP contribution in [0.5, 0.6) is 11.5 Å². The van der Waals surface area contributed by atoms with Crippen LogP contribution in [-0.4, -0.2) is 51.6 Å². The predicted molar refractivity (Wildman–Crippen MR) is 123 cm³/mol. The van der Waals surface area contributed by atoms with Crippen LogP contribution in [0.3, 0.4) is 0 Å². The highest BCUT2D eigenvalue weighted by molar-refractivity contribution is 5.92. The van der Waals surface area contributed by atoms with Gasteiger partial charge in [-0.15, -0.1) is 0 Å². The summed E-state index contributed by atoms with van der Waals surface area (Å²) in [6.45, 7) is 8.00. The van der Waals surface area contributed by atoms with Crippen molar-refractivity contribution in [3.05, 3.63) is 54.1 Å². The van der Waals surface area contributed by atoms with Crippen LogP contribution < -0.4 is 14.8 Å². The predicted octanol–water partition coefficient (Wildman–Crippen LogP) is 3.83. The first-order valence-electron chi connectivity index (χ1n) is 10.6. The van der Waals surface area contributed by atoms with Gasteiger partial charge in [0, 0.05) is 30.4 Å². The molecule has 0 unspecified atom stereocenters. The van der Waals surface area contributed by atoms with Crippen molar-refractivity contribution in [2.24, 2.45) is 0 Å². The Morgan fingerprint density at radius 2 is 1.84 bits per heavy atom. The molecule has 3 aromatic rings. The Hall–Kier alpha value is -3.55. The second-order valence-corrected chi connectivity index (χ2v) is 8.76. The number of imidazole rings is 1. The van der Waals surface area contributed by atoms with E-state index in [0.29, 0.717) is 36.8 Å². The molecular formula is C24H29N5O3. The number of methoxy groups -OCH3 is 2. The first kappa shape index (κ1) is 21.7. The zero-order valence-electron chi connectivity index (χ0n) is 19.2. The molecule has 0 spiro atoms. The minimum Gasteiger partial charge on any atom is -0.493 e. The summed E-state index contributed by atoms with van der Waals surface area (Å²) in [5, 5.41) is 3.61. The molecule has 1 aromatic carbocycles. The van der Waals surface area contributed by atoms with Gasteiger partial charge in [-0.2, -0.15) is 0 Å². The van der Waals surface area contributed by atoms with Gasteiger partial charge in [-0.05, 0) is 51.1 Å². The maximum Gasteiger partial charge on any atom is 0.272 e. The van der Waals surface area contributed by atoms with Crippen molar-refractivity contribution >= 4 is 11.7 Å². The Bertz CT molecular complexity index is 1120. The zero-order chi connectivity index (χ0) is 22.9. The third kappa shape index (κ3) is 4.26. The van der Waals surface area contributed by atoms with Crippen molar-refractivity contribution < 1.29 is 14.3 Å². The summed E-state index contributed by atoms with van der Waals surface area (Å²) in [6.07, 6.45) is 1.64. The average Bonchev–Trinajstić information content (AvgIpc) is 3.14. The second kappa shape index (κ2) is 8.53. The number of pyridine rings is 1. The molecule has 1 N–H and O–H groups in total. The molecule has 32 heavy (non-hydrogen) atoms. The van der Waals surface area contributed by atoms with Gasteiger partial charge in [-0.3, -0.25) is 9.78 Å². The molecule has 168 valence electrons. The second-order valence-electron chi connectivity index (χ2n) is 8.76. The number of amides is 1. The van der Waals surface area contributed by atoms with Gasteiger partial charge < -0.3 is 24.3 Å². The van der Waals surface area contributed by atoms with Gasteiger partial charge in [0.2, 0.25) is 0 Å². The van der Waals surface area contributed by atoms with Crippen molar-refractivity contribution in [1.82, 2.24) is 19.4 Å². The molecule has 0 aliphatic carbocycles. The highest BCUT2D eigenvalue weighted by Gasteiger charge is 2.29. The van der Waals surface area contributed by atoms with Gasteiger partial charge in [-0.25, -0.2) is 4.98 Å². The molecule has 1 amide bonds. The third-order valence-corrected chi connectivity index (χ3v) is 5.29. The highest BCUT2D eigenvalue weighted by Crippen LogP contribution is 2.37. The molecule has 8 nitrogen and oxygen atoms in total. The molecule has 1 aliphatic heterocycles. The van der Waals surface area contributed by atoms with Crippen molar-refractivity contribution in [2.45, 2.75) is 39.4 Å². The Morgan fingerprint density at radius 1 is 1.06 bits per heavy atom. The summed E-state index contributed by atoms with van der Waals surface area (Å²) in [5.41, 5.74) is 2.02. The van der Waals surface area contributed by atoms with Crippen molar-refractivity contribution in [3.8, 4) is 22.8 Å². The third-order valence-electron chi connectivity index (χ3n) is 5.29. The molecule has 3 heterocycles. The van der Waals surface area contributed by atoms with Gasteiger partial charge in [0.05, 0.1) is 20.8 Å². The number of hydrogen-bond donors (Lipinski definition) is 1. The smallest absolute Gasteiger partial charge is 0.272 e. The summed E-state index contributed by atoms with van der Waals surface area (Å²) < 4.78 is 13.1. The standard InChI is InChI=1S/C24H29N5O3/c1-24(2,3)27-22-21(16-9-10-18(31-4)19(14-16)32-5)26-20-15-28(12-13-29(20)22)23(30)17-8-6-7-11-25-17/h6-11,14,27H,12-13,15H2,1-5H3. The van der Waals surface area contributed by atoms with Gasteiger partial charge in [0.15, 0.2) is 11.5 Å². The van der Waals surface area contributed by atoms with Gasteiger partial charge in [0.1, 0.15) is 23.0 Å². The van der Waals surface area contributed by atoms with Crippen molar-refractivity contribution in [3.63, 3.8) is 0 Å². The molecule has 0 saturated heterocycles. The molecule has 0 radical (unpaired) electrons. The minimum absolute atomic E-state index is 0.0853. The fourth-order valence-corrected chi connectivity index (χ4v) is 3.82. The van der Waals surface area contributed by atoms with Gasteiger partial charge in [0.25, 0.3) is 5.91 Å². The van der Waals surface area contributed by atoms with Gasteiger partial charge in [-0.1, -0.05) is 6.07 Å². The van der Waals surface area contributed by atoms with Crippen LogP contribution in [0.15, 0.2) is 42.6 Å². The summed E-state index contributed by atoms with van der Waals surface area (Å²) in [4.78, 5) is 23.9. The van der Waals surface area contributed by atoms with E-state index in [2.05, 4.69) is 35.6 Å². The number of hydrogen-bond acceptors (Lipinski definition) is 6. The van der Waals surface area contributed by atoms with E-state index in [1.807, 2.05) is 24.3 Å². The number of aromatic nitrogens is 3. The van der Waals surface area contributed by atoms with E-state index >= 15 is 0 Å². The number of carbonyl (C=O) groups is 1. The Morgan fingerprint density at radius 3 is 2.50 bits per heavy atom. The Labute approximate surface area is 188 Å². The first-order chi connectivity index (χ1) is 15.3. The van der Waals surface area contributed by atoms with Crippen LogP contribution in [0, 0.1) is 0 Å². The number of nitrogens with one attached hydrogen (secondary N) is 1. The average molecular weight is 436 g/mol. The number of anilines is 1. The zero-order valence-corrected chi connectivity index (χ0v) is 19.2. The number of rotatable bonds is 5. The lowest BCUT2D eigenvalue weighted by atomic mass is 10.1. The van der Waals surface area contributed by atoms with E-state index in [-0.39, 0.29) is 11.4 Å². The number of carbonyl (C=O) groups excluding carboxylic acids is 1. The molecular weight excluding hydrogens is 406 g/mol. The maximum absolute atomic E-state index is 12.9.